The van der Waals surface area contributed by atoms with Crippen molar-refractivity contribution in [3.63, 3.8) is 0 Å². The van der Waals surface area contributed by atoms with E-state index in [1.807, 2.05) is 27.7 Å². The standard InChI is InChI=1S/C12H24BrNO2/c1-11(2)8-10(16-7-5-6-13)9-12(3,4)14(11)15/h10,14H,5-9H2,1-4H3. The third-order valence-corrected chi connectivity index (χ3v) is 3.90. The second kappa shape index (κ2) is 5.34. The Hall–Kier alpha value is 0.360. The molecule has 0 spiro atoms. The fourth-order valence-corrected chi connectivity index (χ4v) is 2.96. The van der Waals surface area contributed by atoms with Crippen LogP contribution < -0.4 is 5.06 Å². The fraction of sp³-hybridized carbons (Fsp3) is 1.00. The first-order valence-corrected chi connectivity index (χ1v) is 7.14. The summed E-state index contributed by atoms with van der Waals surface area (Å²) in [6, 6.07) is 0. The molecule has 0 bridgehead atoms. The molecule has 4 heteroatoms. The number of halogens is 1. The smallest absolute Gasteiger partial charge is 0.0946 e. The van der Waals surface area contributed by atoms with Crippen LogP contribution in [0.5, 0.6) is 0 Å². The van der Waals surface area contributed by atoms with Gasteiger partial charge in [-0.15, -0.1) is 0 Å². The van der Waals surface area contributed by atoms with Crippen LogP contribution in [0.25, 0.3) is 0 Å². The molecule has 3 nitrogen and oxygen atoms in total. The van der Waals surface area contributed by atoms with E-state index in [-0.39, 0.29) is 17.2 Å². The SMILES string of the molecule is CC1(C)CC(OCCCBr)CC(C)(C)[NH+]1[O-]. The number of hydroxylamine groups is 2. The summed E-state index contributed by atoms with van der Waals surface area (Å²) in [5.41, 5.74) is -0.471. The van der Waals surface area contributed by atoms with Gasteiger partial charge in [0.2, 0.25) is 0 Å². The average molecular weight is 294 g/mol. The van der Waals surface area contributed by atoms with E-state index >= 15 is 0 Å². The Balaban J connectivity index is 2.57. The predicted octanol–water partition coefficient (Wildman–Crippen LogP) is 1.89. The number of ether oxygens (including phenoxy) is 1. The summed E-state index contributed by atoms with van der Waals surface area (Å²) < 4.78 is 5.86. The van der Waals surface area contributed by atoms with Crippen molar-refractivity contribution < 1.29 is 9.80 Å². The van der Waals surface area contributed by atoms with Crippen molar-refractivity contribution in [2.45, 2.75) is 64.1 Å². The van der Waals surface area contributed by atoms with Gasteiger partial charge in [0, 0.05) is 24.8 Å². The summed E-state index contributed by atoms with van der Waals surface area (Å²) in [6.07, 6.45) is 2.99. The lowest BCUT2D eigenvalue weighted by Crippen LogP contribution is -3.23. The van der Waals surface area contributed by atoms with E-state index in [0.717, 1.165) is 31.2 Å². The van der Waals surface area contributed by atoms with Crippen LogP contribution in [0.1, 0.15) is 47.0 Å². The van der Waals surface area contributed by atoms with Crippen molar-refractivity contribution >= 4 is 15.9 Å². The molecular weight excluding hydrogens is 270 g/mol. The molecule has 0 aromatic rings. The Bertz CT molecular complexity index is 213. The maximum atomic E-state index is 12.2. The van der Waals surface area contributed by atoms with Crippen LogP contribution in [0.3, 0.4) is 0 Å². The van der Waals surface area contributed by atoms with Gasteiger partial charge in [-0.25, -0.2) is 0 Å². The fourth-order valence-electron chi connectivity index (χ4n) is 2.73. The first-order chi connectivity index (χ1) is 7.29. The van der Waals surface area contributed by atoms with Gasteiger partial charge in [-0.05, 0) is 34.1 Å². The second-order valence-electron chi connectivity index (χ2n) is 6.04. The van der Waals surface area contributed by atoms with Crippen molar-refractivity contribution in [2.75, 3.05) is 11.9 Å². The van der Waals surface area contributed by atoms with Gasteiger partial charge in [-0.3, -0.25) is 0 Å². The Kier molecular flexibility index (Phi) is 4.81. The Labute approximate surface area is 107 Å². The number of nitrogens with one attached hydrogen (secondary N) is 1. The summed E-state index contributed by atoms with van der Waals surface area (Å²) in [5, 5.41) is 13.5. The van der Waals surface area contributed by atoms with Crippen molar-refractivity contribution in [2.24, 2.45) is 0 Å². The van der Waals surface area contributed by atoms with Crippen LogP contribution in [-0.4, -0.2) is 29.1 Å². The first-order valence-electron chi connectivity index (χ1n) is 6.02. The lowest BCUT2D eigenvalue weighted by molar-refractivity contribution is -0.956. The molecule has 16 heavy (non-hydrogen) atoms. The minimum atomic E-state index is -0.235. The van der Waals surface area contributed by atoms with Gasteiger partial charge < -0.3 is 15.0 Å². The van der Waals surface area contributed by atoms with Crippen molar-refractivity contribution in [3.05, 3.63) is 5.21 Å². The molecule has 1 saturated heterocycles. The molecule has 0 aliphatic carbocycles. The quantitative estimate of drug-likeness (QED) is 0.488. The molecule has 1 heterocycles. The monoisotopic (exact) mass is 293 g/mol. The zero-order chi connectivity index (χ0) is 12.4. The molecule has 96 valence electrons. The second-order valence-corrected chi connectivity index (χ2v) is 6.83. The van der Waals surface area contributed by atoms with Crippen LogP contribution in [0.4, 0.5) is 0 Å². The molecule has 0 unspecified atom stereocenters. The van der Waals surface area contributed by atoms with E-state index < -0.39 is 0 Å². The minimum Gasteiger partial charge on any atom is -0.634 e. The number of hydrogen-bond donors (Lipinski definition) is 1. The highest BCUT2D eigenvalue weighted by Crippen LogP contribution is 2.25. The summed E-state index contributed by atoms with van der Waals surface area (Å²) in [5.74, 6) is 0. The predicted molar refractivity (Wildman–Crippen MR) is 69.9 cm³/mol. The molecule has 1 aliphatic heterocycles. The Morgan fingerprint density at radius 1 is 1.25 bits per heavy atom. The van der Waals surface area contributed by atoms with E-state index in [0.29, 0.717) is 5.06 Å². The molecule has 0 saturated carbocycles. The van der Waals surface area contributed by atoms with E-state index in [2.05, 4.69) is 15.9 Å². The Morgan fingerprint density at radius 3 is 2.19 bits per heavy atom. The number of hydrogen-bond acceptors (Lipinski definition) is 2. The topological polar surface area (TPSA) is 36.7 Å². The molecule has 0 atom stereocenters. The molecule has 0 aromatic carbocycles. The maximum absolute atomic E-state index is 12.2. The van der Waals surface area contributed by atoms with Crippen LogP contribution in [-0.2, 0) is 4.74 Å². The molecule has 1 aliphatic rings. The average Bonchev–Trinajstić information content (AvgIpc) is 2.14. The first kappa shape index (κ1) is 14.4. The van der Waals surface area contributed by atoms with Gasteiger partial charge in [0.05, 0.1) is 17.2 Å². The maximum Gasteiger partial charge on any atom is 0.0946 e. The van der Waals surface area contributed by atoms with Crippen LogP contribution >= 0.6 is 15.9 Å². The molecule has 0 amide bonds. The van der Waals surface area contributed by atoms with Gasteiger partial charge in [-0.2, -0.15) is 0 Å². The van der Waals surface area contributed by atoms with Gasteiger partial charge in [0.1, 0.15) is 0 Å². The van der Waals surface area contributed by atoms with E-state index in [1.54, 1.807) is 0 Å². The number of alkyl halides is 1. The van der Waals surface area contributed by atoms with Crippen molar-refractivity contribution in [1.82, 2.24) is 0 Å². The van der Waals surface area contributed by atoms with E-state index in [9.17, 15) is 5.21 Å². The van der Waals surface area contributed by atoms with Gasteiger partial charge in [0.25, 0.3) is 0 Å². The van der Waals surface area contributed by atoms with Gasteiger partial charge in [-0.1, -0.05) is 15.9 Å². The molecule has 1 rings (SSSR count). The van der Waals surface area contributed by atoms with E-state index in [1.165, 1.54) is 0 Å². The lowest BCUT2D eigenvalue weighted by atomic mass is 9.80. The zero-order valence-corrected chi connectivity index (χ0v) is 12.4. The van der Waals surface area contributed by atoms with Gasteiger partial charge >= 0.3 is 0 Å². The molecule has 0 radical (unpaired) electrons. The number of piperidine rings is 1. The number of quaternary nitrogens is 1. The largest absolute Gasteiger partial charge is 0.634 e. The normalized spacial score (nSPS) is 32.6. The van der Waals surface area contributed by atoms with Crippen LogP contribution in [0.2, 0.25) is 0 Å². The van der Waals surface area contributed by atoms with E-state index in [4.69, 9.17) is 4.74 Å². The summed E-state index contributed by atoms with van der Waals surface area (Å²) in [6.45, 7) is 8.94. The minimum absolute atomic E-state index is 0.235. The lowest BCUT2D eigenvalue weighted by Gasteiger charge is -2.54. The highest BCUT2D eigenvalue weighted by atomic mass is 79.9. The molecule has 0 aromatic heterocycles. The van der Waals surface area contributed by atoms with Crippen molar-refractivity contribution in [1.29, 1.82) is 0 Å². The van der Waals surface area contributed by atoms with Gasteiger partial charge in [0.15, 0.2) is 0 Å². The van der Waals surface area contributed by atoms with Crippen LogP contribution in [0, 0.1) is 5.21 Å². The summed E-state index contributed by atoms with van der Waals surface area (Å²) in [4.78, 5) is 0. The third-order valence-electron chi connectivity index (χ3n) is 3.34. The zero-order valence-electron chi connectivity index (χ0n) is 10.8. The molecule has 1 N–H and O–H groups in total. The molecule has 1 fully saturated rings. The molecular formula is C12H24BrNO2. The third kappa shape index (κ3) is 3.42. The van der Waals surface area contributed by atoms with Crippen molar-refractivity contribution in [3.8, 4) is 0 Å². The number of rotatable bonds is 4. The van der Waals surface area contributed by atoms with Crippen LogP contribution in [0.15, 0.2) is 0 Å². The summed E-state index contributed by atoms with van der Waals surface area (Å²) >= 11 is 3.39. The Morgan fingerprint density at radius 2 is 1.75 bits per heavy atom. The highest BCUT2D eigenvalue weighted by Gasteiger charge is 2.45. The highest BCUT2D eigenvalue weighted by molar-refractivity contribution is 9.09. The summed E-state index contributed by atoms with van der Waals surface area (Å²) in [7, 11) is 0.